The van der Waals surface area contributed by atoms with Crippen LogP contribution >= 0.6 is 0 Å². The van der Waals surface area contributed by atoms with Crippen molar-refractivity contribution >= 4 is 29.3 Å². The maximum Gasteiger partial charge on any atom is 0.489 e. The zero-order valence-corrected chi connectivity index (χ0v) is 6.73. The van der Waals surface area contributed by atoms with Crippen molar-refractivity contribution in [2.45, 2.75) is 0 Å². The lowest BCUT2D eigenvalue weighted by Gasteiger charge is -2.00. The third-order valence-corrected chi connectivity index (χ3v) is 1.93. The summed E-state index contributed by atoms with van der Waals surface area (Å²) in [6.07, 6.45) is 0. The van der Waals surface area contributed by atoms with Crippen LogP contribution in [0.25, 0.3) is 10.9 Å². The second-order valence-electron chi connectivity index (χ2n) is 2.75. The van der Waals surface area contributed by atoms with Gasteiger partial charge in [-0.2, -0.15) is 5.10 Å². The lowest BCUT2D eigenvalue weighted by molar-refractivity contribution is 0.426. The van der Waals surface area contributed by atoms with Gasteiger partial charge in [-0.25, -0.2) is 0 Å². The molecule has 0 saturated heterocycles. The highest BCUT2D eigenvalue weighted by molar-refractivity contribution is 6.62. The van der Waals surface area contributed by atoms with Gasteiger partial charge in [0.05, 0.1) is 5.52 Å². The minimum atomic E-state index is -1.52. The molecule has 0 aliphatic heterocycles. The molecule has 13 heavy (non-hydrogen) atoms. The molecule has 5 nitrogen and oxygen atoms in total. The smallest absolute Gasteiger partial charge is 0.423 e. The number of aromatic nitrogens is 2. The van der Waals surface area contributed by atoms with E-state index in [2.05, 4.69) is 10.2 Å². The molecule has 1 aromatic heterocycles. The zero-order valence-electron chi connectivity index (χ0n) is 6.73. The quantitative estimate of drug-likeness (QED) is 0.412. The van der Waals surface area contributed by atoms with Gasteiger partial charge in [0.1, 0.15) is 0 Å². The normalized spacial score (nSPS) is 10.6. The molecular weight excluding hydrogens is 169 g/mol. The molecule has 2 aromatic rings. The van der Waals surface area contributed by atoms with Gasteiger partial charge < -0.3 is 15.8 Å². The predicted octanol–water partition coefficient (Wildman–Crippen LogP) is -1.18. The van der Waals surface area contributed by atoms with Crippen molar-refractivity contribution < 1.29 is 10.0 Å². The number of benzene rings is 1. The van der Waals surface area contributed by atoms with E-state index in [9.17, 15) is 0 Å². The highest BCUT2D eigenvalue weighted by Crippen LogP contribution is 2.14. The monoisotopic (exact) mass is 177 g/mol. The summed E-state index contributed by atoms with van der Waals surface area (Å²) in [5, 5.41) is 25.1. The van der Waals surface area contributed by atoms with Crippen LogP contribution in [-0.2, 0) is 0 Å². The number of nitrogens with one attached hydrogen (secondary N) is 1. The molecule has 0 bridgehead atoms. The number of rotatable bonds is 1. The fourth-order valence-electron chi connectivity index (χ4n) is 1.34. The van der Waals surface area contributed by atoms with E-state index in [1.165, 1.54) is 0 Å². The van der Waals surface area contributed by atoms with Crippen LogP contribution in [0.4, 0.5) is 5.82 Å². The molecule has 0 amide bonds. The van der Waals surface area contributed by atoms with Gasteiger partial charge in [-0.05, 0) is 11.5 Å². The Bertz CT molecular complexity index is 440. The van der Waals surface area contributed by atoms with Crippen LogP contribution in [0, 0.1) is 0 Å². The number of hydrogen-bond donors (Lipinski definition) is 4. The van der Waals surface area contributed by atoms with Crippen LogP contribution in [-0.4, -0.2) is 27.4 Å². The van der Waals surface area contributed by atoms with E-state index in [0.717, 1.165) is 0 Å². The summed E-state index contributed by atoms with van der Waals surface area (Å²) in [7, 11) is -1.52. The lowest BCUT2D eigenvalue weighted by atomic mass is 9.78. The van der Waals surface area contributed by atoms with Gasteiger partial charge >= 0.3 is 7.12 Å². The van der Waals surface area contributed by atoms with Crippen molar-refractivity contribution in [3.8, 4) is 0 Å². The van der Waals surface area contributed by atoms with Crippen LogP contribution in [0.15, 0.2) is 18.2 Å². The van der Waals surface area contributed by atoms with E-state index < -0.39 is 7.12 Å². The Morgan fingerprint density at radius 1 is 1.38 bits per heavy atom. The van der Waals surface area contributed by atoms with Gasteiger partial charge in [0, 0.05) is 5.39 Å². The van der Waals surface area contributed by atoms with Gasteiger partial charge in [-0.15, -0.1) is 0 Å². The largest absolute Gasteiger partial charge is 0.489 e. The molecule has 5 N–H and O–H groups in total. The first kappa shape index (κ1) is 8.09. The Morgan fingerprint density at radius 3 is 2.85 bits per heavy atom. The van der Waals surface area contributed by atoms with Crippen molar-refractivity contribution in [1.29, 1.82) is 0 Å². The molecule has 1 heterocycles. The van der Waals surface area contributed by atoms with Crippen molar-refractivity contribution in [2.24, 2.45) is 0 Å². The van der Waals surface area contributed by atoms with Crippen molar-refractivity contribution in [3.63, 3.8) is 0 Å². The molecule has 2 rings (SSSR count). The van der Waals surface area contributed by atoms with Gasteiger partial charge in [0.25, 0.3) is 0 Å². The highest BCUT2D eigenvalue weighted by atomic mass is 16.4. The van der Waals surface area contributed by atoms with Gasteiger partial charge in [0.15, 0.2) is 5.82 Å². The third-order valence-electron chi connectivity index (χ3n) is 1.93. The standard InChI is InChI=1S/C7H8BN3O2/c9-7-6-4(8(12)13)2-1-3-5(6)10-11-7/h1-3,12-13H,(H3,9,10,11). The summed E-state index contributed by atoms with van der Waals surface area (Å²) in [5.74, 6) is 0.277. The summed E-state index contributed by atoms with van der Waals surface area (Å²) in [6.45, 7) is 0. The Hall–Kier alpha value is -1.53. The lowest BCUT2D eigenvalue weighted by Crippen LogP contribution is -2.30. The van der Waals surface area contributed by atoms with Crippen LogP contribution in [0.3, 0.4) is 0 Å². The molecular formula is C7H8BN3O2. The Kier molecular flexibility index (Phi) is 1.71. The molecule has 1 aromatic carbocycles. The van der Waals surface area contributed by atoms with E-state index in [0.29, 0.717) is 16.4 Å². The predicted molar refractivity (Wildman–Crippen MR) is 50.3 cm³/mol. The minimum absolute atomic E-state index is 0.277. The summed E-state index contributed by atoms with van der Waals surface area (Å²) in [4.78, 5) is 0. The zero-order chi connectivity index (χ0) is 9.42. The number of H-pyrrole nitrogens is 1. The van der Waals surface area contributed by atoms with E-state index in [1.54, 1.807) is 18.2 Å². The topological polar surface area (TPSA) is 95.2 Å². The number of anilines is 1. The molecule has 66 valence electrons. The molecule has 0 unspecified atom stereocenters. The van der Waals surface area contributed by atoms with Crippen LogP contribution in [0.5, 0.6) is 0 Å². The Labute approximate surface area is 74.3 Å². The maximum absolute atomic E-state index is 9.02. The third kappa shape index (κ3) is 1.16. The first-order valence-corrected chi connectivity index (χ1v) is 3.78. The average Bonchev–Trinajstić information content (AvgIpc) is 2.48. The van der Waals surface area contributed by atoms with E-state index >= 15 is 0 Å². The number of hydrogen-bond acceptors (Lipinski definition) is 4. The number of nitrogens with two attached hydrogens (primary N) is 1. The molecule has 0 saturated carbocycles. The van der Waals surface area contributed by atoms with Gasteiger partial charge in [-0.3, -0.25) is 5.10 Å². The minimum Gasteiger partial charge on any atom is -0.423 e. The van der Waals surface area contributed by atoms with Crippen LogP contribution < -0.4 is 11.2 Å². The highest BCUT2D eigenvalue weighted by Gasteiger charge is 2.17. The summed E-state index contributed by atoms with van der Waals surface area (Å²) >= 11 is 0. The average molecular weight is 177 g/mol. The Balaban J connectivity index is 2.80. The van der Waals surface area contributed by atoms with Crippen molar-refractivity contribution in [2.75, 3.05) is 5.73 Å². The maximum atomic E-state index is 9.02. The molecule has 0 fully saturated rings. The number of nitrogens with zero attached hydrogens (tertiary/aromatic N) is 1. The van der Waals surface area contributed by atoms with Gasteiger partial charge in [0.2, 0.25) is 0 Å². The Morgan fingerprint density at radius 2 is 2.15 bits per heavy atom. The van der Waals surface area contributed by atoms with Gasteiger partial charge in [-0.1, -0.05) is 12.1 Å². The second kappa shape index (κ2) is 2.76. The van der Waals surface area contributed by atoms with Crippen LogP contribution in [0.2, 0.25) is 0 Å². The molecule has 0 atom stereocenters. The summed E-state index contributed by atoms with van der Waals surface area (Å²) in [6, 6.07) is 5.07. The molecule has 0 radical (unpaired) electrons. The first-order valence-electron chi connectivity index (χ1n) is 3.78. The van der Waals surface area contributed by atoms with E-state index in [1.807, 2.05) is 0 Å². The fraction of sp³-hybridized carbons (Fsp3) is 0. The number of aromatic amines is 1. The number of fused-ring (bicyclic) bond motifs is 1. The molecule has 0 aliphatic rings. The van der Waals surface area contributed by atoms with E-state index in [-0.39, 0.29) is 5.82 Å². The summed E-state index contributed by atoms with van der Waals surface area (Å²) < 4.78 is 0. The number of nitrogen functional groups attached to an aromatic ring is 1. The fourth-order valence-corrected chi connectivity index (χ4v) is 1.34. The van der Waals surface area contributed by atoms with Crippen molar-refractivity contribution in [3.05, 3.63) is 18.2 Å². The van der Waals surface area contributed by atoms with Crippen molar-refractivity contribution in [1.82, 2.24) is 10.2 Å². The SMILES string of the molecule is Nc1n[nH]c2cccc(B(O)O)c12. The summed E-state index contributed by atoms with van der Waals surface area (Å²) in [5.41, 5.74) is 6.61. The molecule has 6 heteroatoms. The first-order chi connectivity index (χ1) is 6.20. The van der Waals surface area contributed by atoms with E-state index in [4.69, 9.17) is 15.8 Å². The molecule has 0 aliphatic carbocycles. The van der Waals surface area contributed by atoms with Crippen LogP contribution in [0.1, 0.15) is 0 Å². The molecule has 0 spiro atoms. The second-order valence-corrected chi connectivity index (χ2v) is 2.75.